The molecule has 2 aromatic carbocycles. The molecule has 4 heteroatoms. The number of benzene rings is 2. The molecule has 0 spiro atoms. The van der Waals surface area contributed by atoms with E-state index >= 15 is 0 Å². The third kappa shape index (κ3) is 4.55. The van der Waals surface area contributed by atoms with E-state index in [4.69, 9.17) is 9.47 Å². The Balaban J connectivity index is 1.82. The minimum Gasteiger partial charge on any atom is -0.467 e. The second-order valence-electron chi connectivity index (χ2n) is 4.79. The van der Waals surface area contributed by atoms with E-state index < -0.39 is 0 Å². The van der Waals surface area contributed by atoms with Crippen molar-refractivity contribution in [3.05, 3.63) is 65.5 Å². The minimum absolute atomic E-state index is 0.0339. The van der Waals surface area contributed by atoms with Gasteiger partial charge in [-0.05, 0) is 25.6 Å². The van der Waals surface area contributed by atoms with Crippen molar-refractivity contribution in [2.24, 2.45) is 0 Å². The summed E-state index contributed by atoms with van der Waals surface area (Å²) in [5.41, 5.74) is 1.69. The summed E-state index contributed by atoms with van der Waals surface area (Å²) < 4.78 is 24.7. The molecule has 2 rings (SSSR count). The van der Waals surface area contributed by atoms with Crippen LogP contribution < -0.4 is 10.1 Å². The standard InChI is InChI=1S/C17H20FNO2/c1-13(19-2)16-9-8-15(10-17(16)18)21-12-20-11-14-6-4-3-5-7-14/h3-10,13,19H,11-12H2,1-2H3. The van der Waals surface area contributed by atoms with E-state index in [0.29, 0.717) is 17.9 Å². The molecule has 1 unspecified atom stereocenters. The van der Waals surface area contributed by atoms with Gasteiger partial charge in [-0.3, -0.25) is 0 Å². The van der Waals surface area contributed by atoms with Gasteiger partial charge in [-0.2, -0.15) is 0 Å². The maximum atomic E-state index is 13.9. The molecule has 0 fully saturated rings. The van der Waals surface area contributed by atoms with Gasteiger partial charge in [-0.15, -0.1) is 0 Å². The van der Waals surface area contributed by atoms with Crippen LogP contribution in [0.5, 0.6) is 5.75 Å². The average Bonchev–Trinajstić information content (AvgIpc) is 2.52. The van der Waals surface area contributed by atoms with E-state index in [1.807, 2.05) is 37.3 Å². The SMILES string of the molecule is CNC(C)c1ccc(OCOCc2ccccc2)cc1F. The van der Waals surface area contributed by atoms with Crippen molar-refractivity contribution in [3.8, 4) is 5.75 Å². The zero-order valence-corrected chi connectivity index (χ0v) is 12.3. The fourth-order valence-electron chi connectivity index (χ4n) is 1.95. The van der Waals surface area contributed by atoms with Crippen molar-refractivity contribution < 1.29 is 13.9 Å². The van der Waals surface area contributed by atoms with E-state index in [-0.39, 0.29) is 18.7 Å². The van der Waals surface area contributed by atoms with Gasteiger partial charge >= 0.3 is 0 Å². The molecule has 0 saturated heterocycles. The maximum absolute atomic E-state index is 13.9. The zero-order valence-electron chi connectivity index (χ0n) is 12.3. The second-order valence-corrected chi connectivity index (χ2v) is 4.79. The molecule has 0 aromatic heterocycles. The molecule has 0 heterocycles. The fourth-order valence-corrected chi connectivity index (χ4v) is 1.95. The summed E-state index contributed by atoms with van der Waals surface area (Å²) in [4.78, 5) is 0. The smallest absolute Gasteiger partial charge is 0.189 e. The summed E-state index contributed by atoms with van der Waals surface area (Å²) in [6, 6.07) is 14.6. The van der Waals surface area contributed by atoms with Gasteiger partial charge in [0.2, 0.25) is 0 Å². The molecular weight excluding hydrogens is 269 g/mol. The van der Waals surface area contributed by atoms with E-state index in [1.165, 1.54) is 6.07 Å². The molecule has 0 aliphatic heterocycles. The Kier molecular flexibility index (Phi) is 5.72. The Labute approximate surface area is 124 Å². The number of hydrogen-bond donors (Lipinski definition) is 1. The van der Waals surface area contributed by atoms with Crippen molar-refractivity contribution in [3.63, 3.8) is 0 Å². The molecule has 0 amide bonds. The van der Waals surface area contributed by atoms with Gasteiger partial charge in [-0.1, -0.05) is 36.4 Å². The van der Waals surface area contributed by atoms with Crippen molar-refractivity contribution in [1.29, 1.82) is 0 Å². The van der Waals surface area contributed by atoms with Crippen LogP contribution in [-0.4, -0.2) is 13.8 Å². The van der Waals surface area contributed by atoms with Crippen LogP contribution in [0.4, 0.5) is 4.39 Å². The molecule has 0 aliphatic carbocycles. The molecule has 3 nitrogen and oxygen atoms in total. The second kappa shape index (κ2) is 7.76. The lowest BCUT2D eigenvalue weighted by molar-refractivity contribution is 0.00488. The largest absolute Gasteiger partial charge is 0.467 e. The lowest BCUT2D eigenvalue weighted by Gasteiger charge is -2.13. The van der Waals surface area contributed by atoms with Crippen molar-refractivity contribution in [2.45, 2.75) is 19.6 Å². The third-order valence-electron chi connectivity index (χ3n) is 3.29. The van der Waals surface area contributed by atoms with Crippen molar-refractivity contribution >= 4 is 0 Å². The lowest BCUT2D eigenvalue weighted by Crippen LogP contribution is -2.14. The highest BCUT2D eigenvalue weighted by atomic mass is 19.1. The zero-order chi connectivity index (χ0) is 15.1. The van der Waals surface area contributed by atoms with Gasteiger partial charge < -0.3 is 14.8 Å². The Morgan fingerprint density at radius 2 is 1.90 bits per heavy atom. The van der Waals surface area contributed by atoms with Gasteiger partial charge in [0.25, 0.3) is 0 Å². The molecule has 0 bridgehead atoms. The predicted molar refractivity (Wildman–Crippen MR) is 80.6 cm³/mol. The first-order valence-corrected chi connectivity index (χ1v) is 6.92. The lowest BCUT2D eigenvalue weighted by atomic mass is 10.1. The van der Waals surface area contributed by atoms with Crippen LogP contribution in [0.2, 0.25) is 0 Å². The summed E-state index contributed by atoms with van der Waals surface area (Å²) in [6.07, 6.45) is 0. The summed E-state index contributed by atoms with van der Waals surface area (Å²) in [7, 11) is 1.80. The molecule has 1 N–H and O–H groups in total. The molecule has 21 heavy (non-hydrogen) atoms. The molecule has 1 atom stereocenters. The normalized spacial score (nSPS) is 12.1. The van der Waals surface area contributed by atoms with Gasteiger partial charge in [0, 0.05) is 17.7 Å². The first-order valence-electron chi connectivity index (χ1n) is 6.92. The van der Waals surface area contributed by atoms with E-state index in [0.717, 1.165) is 5.56 Å². The number of ether oxygens (including phenoxy) is 2. The monoisotopic (exact) mass is 289 g/mol. The van der Waals surface area contributed by atoms with E-state index in [2.05, 4.69) is 5.32 Å². The van der Waals surface area contributed by atoms with Gasteiger partial charge in [0.15, 0.2) is 6.79 Å². The van der Waals surface area contributed by atoms with Crippen LogP contribution >= 0.6 is 0 Å². The molecular formula is C17H20FNO2. The number of halogens is 1. The first kappa shape index (κ1) is 15.5. The fraction of sp³-hybridized carbons (Fsp3) is 0.294. The van der Waals surface area contributed by atoms with Crippen LogP contribution in [0.15, 0.2) is 48.5 Å². The number of nitrogens with one attached hydrogen (secondary N) is 1. The number of rotatable bonds is 7. The quantitative estimate of drug-likeness (QED) is 0.623. The van der Waals surface area contributed by atoms with E-state index in [9.17, 15) is 4.39 Å². The Morgan fingerprint density at radius 3 is 2.57 bits per heavy atom. The highest BCUT2D eigenvalue weighted by Gasteiger charge is 2.09. The average molecular weight is 289 g/mol. The van der Waals surface area contributed by atoms with Crippen LogP contribution in [0.25, 0.3) is 0 Å². The molecule has 0 saturated carbocycles. The summed E-state index contributed by atoms with van der Waals surface area (Å²) in [6.45, 7) is 2.47. The van der Waals surface area contributed by atoms with Gasteiger partial charge in [0.1, 0.15) is 11.6 Å². The third-order valence-corrected chi connectivity index (χ3v) is 3.29. The molecule has 0 radical (unpaired) electrons. The van der Waals surface area contributed by atoms with E-state index in [1.54, 1.807) is 19.2 Å². The summed E-state index contributed by atoms with van der Waals surface area (Å²) in [5, 5.41) is 3.01. The maximum Gasteiger partial charge on any atom is 0.189 e. The van der Waals surface area contributed by atoms with Crippen LogP contribution in [0.3, 0.4) is 0 Å². The molecule has 2 aromatic rings. The van der Waals surface area contributed by atoms with Crippen LogP contribution in [0.1, 0.15) is 24.1 Å². The highest BCUT2D eigenvalue weighted by Crippen LogP contribution is 2.21. The van der Waals surface area contributed by atoms with Crippen molar-refractivity contribution in [1.82, 2.24) is 5.32 Å². The van der Waals surface area contributed by atoms with Gasteiger partial charge in [-0.25, -0.2) is 4.39 Å². The number of hydrogen-bond acceptors (Lipinski definition) is 3. The Bertz CT molecular complexity index is 560. The summed E-state index contributed by atoms with van der Waals surface area (Å²) >= 11 is 0. The first-order chi connectivity index (χ1) is 10.2. The Hall–Kier alpha value is -1.91. The predicted octanol–water partition coefficient (Wildman–Crippen LogP) is 3.66. The minimum atomic E-state index is -0.280. The molecule has 0 aliphatic rings. The highest BCUT2D eigenvalue weighted by molar-refractivity contribution is 5.30. The van der Waals surface area contributed by atoms with Gasteiger partial charge in [0.05, 0.1) is 6.61 Å². The van der Waals surface area contributed by atoms with Crippen LogP contribution in [-0.2, 0) is 11.3 Å². The van der Waals surface area contributed by atoms with Crippen LogP contribution in [0, 0.1) is 5.82 Å². The topological polar surface area (TPSA) is 30.5 Å². The van der Waals surface area contributed by atoms with Crippen molar-refractivity contribution in [2.75, 3.05) is 13.8 Å². The summed E-state index contributed by atoms with van der Waals surface area (Å²) in [5.74, 6) is 0.185. The Morgan fingerprint density at radius 1 is 1.14 bits per heavy atom. The molecule has 112 valence electrons.